The summed E-state index contributed by atoms with van der Waals surface area (Å²) in [6.45, 7) is 4.80. The smallest absolute Gasteiger partial charge is 0.243 e. The van der Waals surface area contributed by atoms with Crippen molar-refractivity contribution in [2.24, 2.45) is 0 Å². The second-order valence-electron chi connectivity index (χ2n) is 4.77. The van der Waals surface area contributed by atoms with Gasteiger partial charge in [0.1, 0.15) is 0 Å². The summed E-state index contributed by atoms with van der Waals surface area (Å²) in [5.41, 5.74) is 2.15. The minimum absolute atomic E-state index is 0.0152. The molecule has 4 nitrogen and oxygen atoms in total. The van der Waals surface area contributed by atoms with Crippen LogP contribution in [0, 0.1) is 0 Å². The summed E-state index contributed by atoms with van der Waals surface area (Å²) in [6.07, 6.45) is 1.70. The van der Waals surface area contributed by atoms with Crippen molar-refractivity contribution < 1.29 is 8.42 Å². The molecule has 0 saturated heterocycles. The molecule has 1 heterocycles. The Kier molecular flexibility index (Phi) is 3.64. The molecule has 5 heteroatoms. The average Bonchev–Trinajstić information content (AvgIpc) is 2.83. The van der Waals surface area contributed by atoms with Crippen LogP contribution in [-0.4, -0.2) is 32.4 Å². The molecule has 0 spiro atoms. The summed E-state index contributed by atoms with van der Waals surface area (Å²) in [6, 6.07) is 5.36. The molecule has 1 aliphatic heterocycles. The molecular formula is C13H20N2O2S. The molecule has 1 aromatic carbocycles. The van der Waals surface area contributed by atoms with E-state index in [4.69, 9.17) is 0 Å². The second-order valence-corrected chi connectivity index (χ2v) is 6.77. The van der Waals surface area contributed by atoms with Crippen LogP contribution >= 0.6 is 0 Å². The number of nitrogens with zero attached hydrogens (tertiary/aromatic N) is 1. The molecular weight excluding hydrogens is 248 g/mol. The van der Waals surface area contributed by atoms with Gasteiger partial charge < -0.3 is 5.32 Å². The maximum Gasteiger partial charge on any atom is 0.243 e. The highest BCUT2D eigenvalue weighted by Gasteiger charge is 2.25. The molecule has 18 heavy (non-hydrogen) atoms. The Labute approximate surface area is 109 Å². The average molecular weight is 268 g/mol. The maximum absolute atomic E-state index is 12.4. The van der Waals surface area contributed by atoms with Gasteiger partial charge in [0.05, 0.1) is 4.90 Å². The third-order valence-electron chi connectivity index (χ3n) is 3.68. The van der Waals surface area contributed by atoms with Crippen LogP contribution in [0.3, 0.4) is 0 Å². The highest BCUT2D eigenvalue weighted by Crippen LogP contribution is 2.27. The van der Waals surface area contributed by atoms with Gasteiger partial charge in [0.15, 0.2) is 0 Å². The van der Waals surface area contributed by atoms with Crippen LogP contribution in [0.15, 0.2) is 23.1 Å². The third kappa shape index (κ3) is 2.24. The molecule has 0 bridgehead atoms. The Morgan fingerprint density at radius 2 is 2.17 bits per heavy atom. The quantitative estimate of drug-likeness (QED) is 0.909. The van der Waals surface area contributed by atoms with E-state index < -0.39 is 10.0 Å². The molecule has 1 N–H and O–H groups in total. The molecule has 2 rings (SSSR count). The summed E-state index contributed by atoms with van der Waals surface area (Å²) >= 11 is 0. The van der Waals surface area contributed by atoms with E-state index in [1.54, 1.807) is 19.2 Å². The zero-order valence-electron chi connectivity index (χ0n) is 11.1. The van der Waals surface area contributed by atoms with E-state index in [0.29, 0.717) is 4.90 Å². The molecule has 1 unspecified atom stereocenters. The lowest BCUT2D eigenvalue weighted by atomic mass is 10.2. The Bertz CT molecular complexity index is 540. The highest BCUT2D eigenvalue weighted by molar-refractivity contribution is 7.89. The summed E-state index contributed by atoms with van der Waals surface area (Å²) in [5, 5.41) is 3.23. The van der Waals surface area contributed by atoms with Gasteiger partial charge in [0.2, 0.25) is 10.0 Å². The zero-order valence-corrected chi connectivity index (χ0v) is 11.9. The van der Waals surface area contributed by atoms with Crippen LogP contribution in [0.1, 0.15) is 25.8 Å². The first kappa shape index (κ1) is 13.4. The number of hydrogen-bond acceptors (Lipinski definition) is 3. The third-order valence-corrected chi connectivity index (χ3v) is 5.64. The first-order chi connectivity index (χ1) is 8.46. The van der Waals surface area contributed by atoms with Crippen molar-refractivity contribution in [2.75, 3.05) is 18.9 Å². The van der Waals surface area contributed by atoms with Crippen LogP contribution in [-0.2, 0) is 16.4 Å². The van der Waals surface area contributed by atoms with E-state index >= 15 is 0 Å². The maximum atomic E-state index is 12.4. The van der Waals surface area contributed by atoms with Gasteiger partial charge in [-0.05, 0) is 43.5 Å². The van der Waals surface area contributed by atoms with Crippen molar-refractivity contribution >= 4 is 15.7 Å². The number of benzene rings is 1. The SMILES string of the molecule is CCC(C)N(C)S(=O)(=O)c1ccc2c(c1)CCN2. The van der Waals surface area contributed by atoms with E-state index in [-0.39, 0.29) is 6.04 Å². The van der Waals surface area contributed by atoms with Crippen LogP contribution in [0.25, 0.3) is 0 Å². The number of fused-ring (bicyclic) bond motifs is 1. The van der Waals surface area contributed by atoms with Gasteiger partial charge >= 0.3 is 0 Å². The van der Waals surface area contributed by atoms with E-state index in [2.05, 4.69) is 5.32 Å². The summed E-state index contributed by atoms with van der Waals surface area (Å²) in [5.74, 6) is 0. The first-order valence-corrected chi connectivity index (χ1v) is 7.75. The van der Waals surface area contributed by atoms with Gasteiger partial charge in [-0.15, -0.1) is 0 Å². The lowest BCUT2D eigenvalue weighted by Crippen LogP contribution is -2.34. The molecule has 0 amide bonds. The van der Waals surface area contributed by atoms with Gasteiger partial charge in [-0.2, -0.15) is 4.31 Å². The Balaban J connectivity index is 2.36. The van der Waals surface area contributed by atoms with Crippen molar-refractivity contribution in [3.05, 3.63) is 23.8 Å². The van der Waals surface area contributed by atoms with Crippen molar-refractivity contribution in [3.63, 3.8) is 0 Å². The van der Waals surface area contributed by atoms with Crippen LogP contribution in [0.4, 0.5) is 5.69 Å². The van der Waals surface area contributed by atoms with E-state index in [9.17, 15) is 8.42 Å². The number of rotatable bonds is 4. The number of sulfonamides is 1. The van der Waals surface area contributed by atoms with Crippen molar-refractivity contribution in [1.82, 2.24) is 4.31 Å². The largest absolute Gasteiger partial charge is 0.384 e. The minimum atomic E-state index is -3.37. The molecule has 1 aliphatic rings. The van der Waals surface area contributed by atoms with Crippen molar-refractivity contribution in [2.45, 2.75) is 37.6 Å². The standard InChI is InChI=1S/C13H20N2O2S/c1-4-10(2)15(3)18(16,17)12-5-6-13-11(9-12)7-8-14-13/h5-6,9-10,14H,4,7-8H2,1-3H3. The molecule has 0 fully saturated rings. The summed E-state index contributed by atoms with van der Waals surface area (Å²) in [7, 11) is -1.72. The molecule has 0 aliphatic carbocycles. The number of nitrogens with one attached hydrogen (secondary N) is 1. The first-order valence-electron chi connectivity index (χ1n) is 6.31. The van der Waals surface area contributed by atoms with Gasteiger partial charge in [0, 0.05) is 25.3 Å². The predicted molar refractivity (Wildman–Crippen MR) is 73.3 cm³/mol. The Morgan fingerprint density at radius 3 is 2.83 bits per heavy atom. The zero-order chi connectivity index (χ0) is 13.3. The monoisotopic (exact) mass is 268 g/mol. The minimum Gasteiger partial charge on any atom is -0.384 e. The molecule has 0 saturated carbocycles. The van der Waals surface area contributed by atoms with Crippen molar-refractivity contribution in [3.8, 4) is 0 Å². The molecule has 1 atom stereocenters. The molecule has 1 aromatic rings. The van der Waals surface area contributed by atoms with Gasteiger partial charge in [0.25, 0.3) is 0 Å². The second kappa shape index (κ2) is 4.90. The van der Waals surface area contributed by atoms with Crippen LogP contribution in [0.5, 0.6) is 0 Å². The van der Waals surface area contributed by atoms with Gasteiger partial charge in [-0.1, -0.05) is 6.92 Å². The number of hydrogen-bond donors (Lipinski definition) is 1. The highest BCUT2D eigenvalue weighted by atomic mass is 32.2. The lowest BCUT2D eigenvalue weighted by Gasteiger charge is -2.23. The summed E-state index contributed by atoms with van der Waals surface area (Å²) in [4.78, 5) is 0.396. The fourth-order valence-electron chi connectivity index (χ4n) is 2.10. The molecule has 0 aromatic heterocycles. The van der Waals surface area contributed by atoms with E-state index in [0.717, 1.165) is 30.6 Å². The fraction of sp³-hybridized carbons (Fsp3) is 0.538. The number of anilines is 1. The fourth-order valence-corrected chi connectivity index (χ4v) is 3.59. The van der Waals surface area contributed by atoms with Gasteiger partial charge in [-0.3, -0.25) is 0 Å². The van der Waals surface area contributed by atoms with Crippen LogP contribution in [0.2, 0.25) is 0 Å². The van der Waals surface area contributed by atoms with E-state index in [1.807, 2.05) is 19.9 Å². The molecule has 0 radical (unpaired) electrons. The van der Waals surface area contributed by atoms with Gasteiger partial charge in [-0.25, -0.2) is 8.42 Å². The molecule has 100 valence electrons. The lowest BCUT2D eigenvalue weighted by molar-refractivity contribution is 0.380. The van der Waals surface area contributed by atoms with Crippen molar-refractivity contribution in [1.29, 1.82) is 0 Å². The Morgan fingerprint density at radius 1 is 1.44 bits per heavy atom. The Hall–Kier alpha value is -1.07. The summed E-state index contributed by atoms with van der Waals surface area (Å²) < 4.78 is 26.3. The van der Waals surface area contributed by atoms with Crippen LogP contribution < -0.4 is 5.32 Å². The van der Waals surface area contributed by atoms with E-state index in [1.165, 1.54) is 4.31 Å². The topological polar surface area (TPSA) is 49.4 Å². The predicted octanol–water partition coefficient (Wildman–Crippen LogP) is 2.07. The normalized spacial score (nSPS) is 16.4.